The van der Waals surface area contributed by atoms with E-state index in [9.17, 15) is 23.1 Å². The molecule has 0 radical (unpaired) electrons. The van der Waals surface area contributed by atoms with E-state index in [2.05, 4.69) is 63.0 Å². The third-order valence-electron chi connectivity index (χ3n) is 16.3. The smallest absolute Gasteiger partial charge is 0.337 e. The first-order valence-electron chi connectivity index (χ1n) is 19.3. The monoisotopic (exact) mass is 708 g/mol. The van der Waals surface area contributed by atoms with Crippen LogP contribution in [0.25, 0.3) is 5.57 Å². The van der Waals surface area contributed by atoms with Gasteiger partial charge in [-0.15, -0.1) is 0 Å². The quantitative estimate of drug-likeness (QED) is 0.301. The lowest BCUT2D eigenvalue weighted by Gasteiger charge is -2.72. The number of esters is 1. The Hall–Kier alpha value is -2.23. The molecular weight excluding hydrogens is 649 g/mol. The summed E-state index contributed by atoms with van der Waals surface area (Å²) >= 11 is 0. The van der Waals surface area contributed by atoms with Crippen LogP contribution in [0.15, 0.2) is 30.3 Å². The number of allylic oxidation sites excluding steroid dienone is 2. The predicted octanol–water partition coefficient (Wildman–Crippen LogP) is 6.71. The van der Waals surface area contributed by atoms with Crippen LogP contribution in [0.2, 0.25) is 0 Å². The highest BCUT2D eigenvalue weighted by Crippen LogP contribution is 2.76. The molecule has 0 aromatic heterocycles. The van der Waals surface area contributed by atoms with Crippen LogP contribution in [0.5, 0.6) is 0 Å². The van der Waals surface area contributed by atoms with Crippen molar-refractivity contribution in [1.29, 1.82) is 0 Å². The topological polar surface area (TPSA) is 113 Å². The average Bonchev–Trinajstić information content (AvgIpc) is 3.45. The van der Waals surface area contributed by atoms with Crippen molar-refractivity contribution in [2.45, 2.75) is 97.9 Å². The minimum absolute atomic E-state index is 0.0249. The molecule has 6 aliphatic rings. The number of carboxylic acids is 1. The first-order chi connectivity index (χ1) is 23.5. The van der Waals surface area contributed by atoms with E-state index in [1.165, 1.54) is 31.1 Å². The number of fused-ring (bicyclic) bond motifs is 7. The van der Waals surface area contributed by atoms with E-state index in [-0.39, 0.29) is 56.5 Å². The predicted molar refractivity (Wildman–Crippen MR) is 196 cm³/mol. The lowest BCUT2D eigenvalue weighted by molar-refractivity contribution is -0.221. The number of nitrogens with zero attached hydrogens (tertiary/aromatic N) is 1. The van der Waals surface area contributed by atoms with Gasteiger partial charge in [0.25, 0.3) is 0 Å². The van der Waals surface area contributed by atoms with Gasteiger partial charge in [0.15, 0.2) is 9.84 Å². The van der Waals surface area contributed by atoms with E-state index in [1.54, 1.807) is 0 Å². The zero-order chi connectivity index (χ0) is 35.9. The minimum atomic E-state index is -2.91. The molecule has 2 N–H and O–H groups in total. The van der Waals surface area contributed by atoms with Crippen LogP contribution < -0.4 is 5.32 Å². The standard InChI is InChI=1S/C41H60N2O6S/c1-37(2)30(27-7-9-28(10-8-27)36(46)49-6)14-16-38(3)32(37)15-17-40(5)33(38)12-11-31-34-29(35(44)45)13-18-41(34,20-19-39(31,40)4)42-21-22-43-23-25-50(47,48)26-24-43/h7-10,14,29,31-34,42H,11-13,15-26H2,1-6H3,(H,44,45). The fourth-order valence-electron chi connectivity index (χ4n) is 13.6. The molecule has 8 nitrogen and oxygen atoms in total. The number of sulfone groups is 1. The first kappa shape index (κ1) is 36.1. The molecule has 4 saturated carbocycles. The lowest BCUT2D eigenvalue weighted by atomic mass is 9.33. The number of carboxylic acid groups (broad SMARTS) is 1. The summed E-state index contributed by atoms with van der Waals surface area (Å²) in [5.41, 5.74) is 3.31. The maximum Gasteiger partial charge on any atom is 0.337 e. The fourth-order valence-corrected chi connectivity index (χ4v) is 14.9. The van der Waals surface area contributed by atoms with Crippen molar-refractivity contribution in [3.8, 4) is 0 Å². The van der Waals surface area contributed by atoms with E-state index in [0.717, 1.165) is 58.0 Å². The number of aliphatic carboxylic acids is 1. The van der Waals surface area contributed by atoms with Gasteiger partial charge in [-0.1, -0.05) is 52.8 Å². The van der Waals surface area contributed by atoms with Crippen LogP contribution in [0.3, 0.4) is 0 Å². The molecule has 50 heavy (non-hydrogen) atoms. The Morgan fingerprint density at radius 2 is 1.60 bits per heavy atom. The first-order valence-corrected chi connectivity index (χ1v) is 21.1. The number of rotatable bonds is 7. The zero-order valence-corrected chi connectivity index (χ0v) is 32.0. The summed E-state index contributed by atoms with van der Waals surface area (Å²) in [6.45, 7) is 15.4. The summed E-state index contributed by atoms with van der Waals surface area (Å²) in [7, 11) is -1.49. The van der Waals surface area contributed by atoms with Gasteiger partial charge in [0.1, 0.15) is 0 Å². The summed E-state index contributed by atoms with van der Waals surface area (Å²) in [6, 6.07) is 7.94. The minimum Gasteiger partial charge on any atom is -0.481 e. The van der Waals surface area contributed by atoms with Crippen molar-refractivity contribution in [2.24, 2.45) is 51.2 Å². The van der Waals surface area contributed by atoms with Gasteiger partial charge in [-0.2, -0.15) is 0 Å². The second kappa shape index (κ2) is 12.4. The molecule has 0 amide bonds. The second-order valence-corrected chi connectivity index (χ2v) is 20.7. The number of carbonyl (C=O) groups is 2. The van der Waals surface area contributed by atoms with Gasteiger partial charge in [-0.3, -0.25) is 4.79 Å². The Morgan fingerprint density at radius 1 is 0.900 bits per heavy atom. The van der Waals surface area contributed by atoms with Crippen LogP contribution >= 0.6 is 0 Å². The molecule has 1 saturated heterocycles. The van der Waals surface area contributed by atoms with Gasteiger partial charge in [0.05, 0.1) is 30.1 Å². The van der Waals surface area contributed by atoms with Crippen LogP contribution in [0.1, 0.15) is 108 Å². The molecule has 9 atom stereocenters. The molecule has 7 rings (SSSR count). The Morgan fingerprint density at radius 3 is 2.26 bits per heavy atom. The number of carbonyl (C=O) groups excluding carboxylic acids is 1. The van der Waals surface area contributed by atoms with Gasteiger partial charge in [0, 0.05) is 31.7 Å². The summed E-state index contributed by atoms with van der Waals surface area (Å²) in [6.07, 6.45) is 11.9. The Bertz CT molecular complexity index is 1640. The Kier molecular flexibility index (Phi) is 8.99. The molecule has 1 aromatic carbocycles. The number of hydrogen-bond acceptors (Lipinski definition) is 7. The number of hydrogen-bond donors (Lipinski definition) is 2. The summed E-state index contributed by atoms with van der Waals surface area (Å²) in [5, 5.41) is 14.6. The van der Waals surface area contributed by atoms with Crippen molar-refractivity contribution in [2.75, 3.05) is 44.8 Å². The van der Waals surface area contributed by atoms with Crippen molar-refractivity contribution in [3.05, 3.63) is 41.5 Å². The van der Waals surface area contributed by atoms with E-state index in [4.69, 9.17) is 4.74 Å². The molecule has 9 heteroatoms. The number of ether oxygens (including phenoxy) is 1. The molecule has 276 valence electrons. The molecule has 1 aliphatic heterocycles. The van der Waals surface area contributed by atoms with Gasteiger partial charge in [-0.25, -0.2) is 13.2 Å². The van der Waals surface area contributed by atoms with Gasteiger partial charge >= 0.3 is 11.9 Å². The third kappa shape index (κ3) is 5.45. The van der Waals surface area contributed by atoms with E-state index in [0.29, 0.717) is 36.4 Å². The normalized spacial score (nSPS) is 41.9. The van der Waals surface area contributed by atoms with Gasteiger partial charge in [0.2, 0.25) is 0 Å². The molecule has 5 fully saturated rings. The van der Waals surface area contributed by atoms with Crippen LogP contribution in [-0.4, -0.2) is 80.7 Å². The summed E-state index contributed by atoms with van der Waals surface area (Å²) < 4.78 is 28.9. The maximum atomic E-state index is 12.9. The van der Waals surface area contributed by atoms with Crippen molar-refractivity contribution >= 4 is 27.3 Å². The van der Waals surface area contributed by atoms with Crippen LogP contribution in [0, 0.1) is 51.2 Å². The molecule has 9 unspecified atom stereocenters. The van der Waals surface area contributed by atoms with E-state index < -0.39 is 15.8 Å². The zero-order valence-electron chi connectivity index (χ0n) is 31.2. The van der Waals surface area contributed by atoms with Gasteiger partial charge < -0.3 is 20.1 Å². The van der Waals surface area contributed by atoms with Crippen LogP contribution in [-0.2, 0) is 19.4 Å². The molecule has 5 aliphatic carbocycles. The van der Waals surface area contributed by atoms with E-state index >= 15 is 0 Å². The highest BCUT2D eigenvalue weighted by molar-refractivity contribution is 7.91. The highest BCUT2D eigenvalue weighted by atomic mass is 32.2. The summed E-state index contributed by atoms with van der Waals surface area (Å²) in [4.78, 5) is 27.3. The number of benzene rings is 1. The number of methoxy groups -OCH3 is 1. The molecule has 1 aromatic rings. The molecule has 0 bridgehead atoms. The average molecular weight is 709 g/mol. The van der Waals surface area contributed by atoms with E-state index in [1.807, 2.05) is 12.1 Å². The fraction of sp³-hybridized carbons (Fsp3) is 0.756. The van der Waals surface area contributed by atoms with Crippen LogP contribution in [0.4, 0.5) is 0 Å². The Labute approximate surface area is 300 Å². The summed E-state index contributed by atoms with van der Waals surface area (Å²) in [5.74, 6) is 0.797. The molecular formula is C41H60N2O6S. The van der Waals surface area contributed by atoms with Gasteiger partial charge in [-0.05, 0) is 126 Å². The lowest BCUT2D eigenvalue weighted by Crippen LogP contribution is -2.68. The largest absolute Gasteiger partial charge is 0.481 e. The van der Waals surface area contributed by atoms with Crippen molar-refractivity contribution in [1.82, 2.24) is 10.2 Å². The SMILES string of the molecule is COC(=O)c1ccc(C2=CCC3(C)C(CCC4(C)C3CCC3C5C(C(=O)O)CCC5(NCCN5CCS(=O)(=O)CC5)CCC34C)C2(C)C)cc1. The number of nitrogens with one attached hydrogen (secondary N) is 1. The van der Waals surface area contributed by atoms with Crippen molar-refractivity contribution < 1.29 is 27.9 Å². The van der Waals surface area contributed by atoms with Crippen molar-refractivity contribution in [3.63, 3.8) is 0 Å². The Balaban J connectivity index is 1.14. The molecule has 0 spiro atoms. The maximum absolute atomic E-state index is 12.9. The highest BCUT2D eigenvalue weighted by Gasteiger charge is 2.71. The third-order valence-corrected chi connectivity index (χ3v) is 17.9. The second-order valence-electron chi connectivity index (χ2n) is 18.4. The molecule has 1 heterocycles.